The van der Waals surface area contributed by atoms with Crippen molar-refractivity contribution >= 4 is 23.4 Å². The second-order valence-corrected chi connectivity index (χ2v) is 8.16. The van der Waals surface area contributed by atoms with E-state index in [4.69, 9.17) is 0 Å². The number of phenols is 1. The predicted molar refractivity (Wildman–Crippen MR) is 118 cm³/mol. The highest BCUT2D eigenvalue weighted by Gasteiger charge is 2.38. The van der Waals surface area contributed by atoms with Crippen molar-refractivity contribution < 1.29 is 19.5 Å². The maximum atomic E-state index is 12.6. The molecule has 8 heteroatoms. The van der Waals surface area contributed by atoms with Gasteiger partial charge in [0.2, 0.25) is 0 Å². The van der Waals surface area contributed by atoms with Gasteiger partial charge in [0, 0.05) is 26.7 Å². The molecule has 0 radical (unpaired) electrons. The van der Waals surface area contributed by atoms with E-state index in [0.29, 0.717) is 0 Å². The molecule has 1 aliphatic rings. The number of carbonyl (C=O) groups excluding carboxylic acids is 3. The number of phenolic OH excluding ortho intramolecular Hbond substituents is 1. The highest BCUT2D eigenvalue weighted by atomic mass is 16.3. The van der Waals surface area contributed by atoms with Crippen LogP contribution in [0.5, 0.6) is 5.75 Å². The number of nitrogens with one attached hydrogen (secondary N) is 2. The van der Waals surface area contributed by atoms with E-state index < -0.39 is 11.8 Å². The summed E-state index contributed by atoms with van der Waals surface area (Å²) in [6.07, 6.45) is 0. The Morgan fingerprint density at radius 2 is 1.60 bits per heavy atom. The SMILES string of the molecule is CC(C)C.CCN1C(=O)C(Nc2cccc(C(=O)N(C)C)c2O)=C(NC(C)C)C1=O. The molecule has 1 aromatic carbocycles. The Kier molecular flexibility index (Phi) is 8.89. The maximum absolute atomic E-state index is 12.6. The zero-order chi connectivity index (χ0) is 23.2. The lowest BCUT2D eigenvalue weighted by Crippen LogP contribution is -2.34. The van der Waals surface area contributed by atoms with Crippen molar-refractivity contribution in [3.8, 4) is 5.75 Å². The van der Waals surface area contributed by atoms with Crippen LogP contribution < -0.4 is 10.6 Å². The summed E-state index contributed by atoms with van der Waals surface area (Å²) < 4.78 is 0. The van der Waals surface area contributed by atoms with E-state index in [0.717, 1.165) is 10.8 Å². The van der Waals surface area contributed by atoms with Gasteiger partial charge in [0.05, 0.1) is 11.3 Å². The van der Waals surface area contributed by atoms with Gasteiger partial charge >= 0.3 is 0 Å². The van der Waals surface area contributed by atoms with Gasteiger partial charge < -0.3 is 20.6 Å². The molecule has 1 aromatic rings. The molecule has 166 valence electrons. The largest absolute Gasteiger partial charge is 0.505 e. The first kappa shape index (κ1) is 25.0. The third kappa shape index (κ3) is 5.98. The zero-order valence-electron chi connectivity index (χ0n) is 19.2. The molecule has 0 aromatic heterocycles. The van der Waals surface area contributed by atoms with Crippen LogP contribution in [0.1, 0.15) is 51.9 Å². The lowest BCUT2D eigenvalue weighted by molar-refractivity contribution is -0.137. The Morgan fingerprint density at radius 1 is 1.07 bits per heavy atom. The summed E-state index contributed by atoms with van der Waals surface area (Å²) in [5.74, 6) is -0.722. The van der Waals surface area contributed by atoms with Crippen molar-refractivity contribution in [3.63, 3.8) is 0 Å². The van der Waals surface area contributed by atoms with Crippen LogP contribution in [0.2, 0.25) is 0 Å². The van der Waals surface area contributed by atoms with Crippen LogP contribution in [0.4, 0.5) is 5.69 Å². The number of rotatable bonds is 6. The highest BCUT2D eigenvalue weighted by molar-refractivity contribution is 6.20. The van der Waals surface area contributed by atoms with Crippen molar-refractivity contribution in [1.82, 2.24) is 15.1 Å². The lowest BCUT2D eigenvalue weighted by atomic mass is 10.1. The highest BCUT2D eigenvalue weighted by Crippen LogP contribution is 2.31. The van der Waals surface area contributed by atoms with E-state index in [9.17, 15) is 19.5 Å². The van der Waals surface area contributed by atoms with E-state index in [1.54, 1.807) is 27.1 Å². The van der Waals surface area contributed by atoms with Gasteiger partial charge in [0.25, 0.3) is 17.7 Å². The van der Waals surface area contributed by atoms with Crippen LogP contribution in [0.3, 0.4) is 0 Å². The number of imide groups is 1. The van der Waals surface area contributed by atoms with E-state index >= 15 is 0 Å². The summed E-state index contributed by atoms with van der Waals surface area (Å²) in [7, 11) is 3.15. The zero-order valence-corrected chi connectivity index (χ0v) is 19.2. The van der Waals surface area contributed by atoms with E-state index in [1.165, 1.54) is 17.0 Å². The van der Waals surface area contributed by atoms with Gasteiger partial charge in [0.15, 0.2) is 5.75 Å². The summed E-state index contributed by atoms with van der Waals surface area (Å²) >= 11 is 0. The molecule has 0 bridgehead atoms. The quantitative estimate of drug-likeness (QED) is 0.485. The monoisotopic (exact) mass is 418 g/mol. The number of carbonyl (C=O) groups is 3. The molecule has 8 nitrogen and oxygen atoms in total. The van der Waals surface area contributed by atoms with Crippen molar-refractivity contribution in [2.45, 2.75) is 47.6 Å². The van der Waals surface area contributed by atoms with E-state index in [1.807, 2.05) is 13.8 Å². The van der Waals surface area contributed by atoms with Crippen LogP contribution in [0.15, 0.2) is 29.6 Å². The second kappa shape index (κ2) is 10.7. The topological polar surface area (TPSA) is 102 Å². The van der Waals surface area contributed by atoms with Crippen LogP contribution in [0.25, 0.3) is 0 Å². The van der Waals surface area contributed by atoms with Crippen molar-refractivity contribution in [3.05, 3.63) is 35.2 Å². The Morgan fingerprint density at radius 3 is 2.07 bits per heavy atom. The molecular formula is C22H34N4O4. The molecule has 0 unspecified atom stereocenters. The molecule has 3 amide bonds. The lowest BCUT2D eigenvalue weighted by Gasteiger charge is -2.16. The Bertz CT molecular complexity index is 826. The fraction of sp³-hybridized carbons (Fsp3) is 0.500. The van der Waals surface area contributed by atoms with Gasteiger partial charge in [-0.1, -0.05) is 26.8 Å². The number of benzene rings is 1. The van der Waals surface area contributed by atoms with Crippen LogP contribution in [-0.4, -0.2) is 59.3 Å². The molecule has 0 saturated heterocycles. The fourth-order valence-electron chi connectivity index (χ4n) is 2.59. The summed E-state index contributed by atoms with van der Waals surface area (Å²) in [5.41, 5.74) is 0.476. The van der Waals surface area contributed by atoms with E-state index in [-0.39, 0.29) is 46.9 Å². The fourth-order valence-corrected chi connectivity index (χ4v) is 2.59. The second-order valence-electron chi connectivity index (χ2n) is 8.16. The van der Waals surface area contributed by atoms with Crippen LogP contribution in [0, 0.1) is 5.92 Å². The number of amides is 3. The molecule has 0 saturated carbocycles. The molecule has 0 fully saturated rings. The normalized spacial score (nSPS) is 13.6. The van der Waals surface area contributed by atoms with E-state index in [2.05, 4.69) is 31.4 Å². The number of anilines is 1. The molecule has 3 N–H and O–H groups in total. The molecular weight excluding hydrogens is 384 g/mol. The summed E-state index contributed by atoms with van der Waals surface area (Å²) in [6.45, 7) is 12.1. The molecule has 0 spiro atoms. The van der Waals surface area contributed by atoms with Gasteiger partial charge in [-0.2, -0.15) is 0 Å². The minimum Gasteiger partial charge on any atom is -0.505 e. The summed E-state index contributed by atoms with van der Waals surface area (Å²) in [4.78, 5) is 39.6. The number of aromatic hydroxyl groups is 1. The number of hydrogen-bond acceptors (Lipinski definition) is 6. The molecule has 30 heavy (non-hydrogen) atoms. The number of hydrogen-bond donors (Lipinski definition) is 3. The Hall–Kier alpha value is -3.03. The molecule has 2 rings (SSSR count). The Labute approximate surface area is 178 Å². The molecule has 1 heterocycles. The maximum Gasteiger partial charge on any atom is 0.279 e. The van der Waals surface area contributed by atoms with Crippen molar-refractivity contribution in [1.29, 1.82) is 0 Å². The van der Waals surface area contributed by atoms with Gasteiger partial charge in [0.1, 0.15) is 11.4 Å². The molecule has 0 atom stereocenters. The van der Waals surface area contributed by atoms with Gasteiger partial charge in [-0.3, -0.25) is 19.3 Å². The van der Waals surface area contributed by atoms with Crippen LogP contribution in [-0.2, 0) is 9.59 Å². The first-order chi connectivity index (χ1) is 13.9. The summed E-state index contributed by atoms with van der Waals surface area (Å²) in [6, 6.07) is 4.55. The Balaban J connectivity index is 0.00000103. The number of nitrogens with zero attached hydrogens (tertiary/aromatic N) is 2. The average molecular weight is 419 g/mol. The first-order valence-corrected chi connectivity index (χ1v) is 10.1. The first-order valence-electron chi connectivity index (χ1n) is 10.1. The standard InChI is InChI=1S/C18H24N4O4.C4H10/c1-6-22-17(25)13(19-10(2)3)14(18(22)26)20-12-9-7-8-11(15(12)23)16(24)21(4)5;1-4(2)3/h7-10,19-20,23H,6H2,1-5H3;4H,1-3H3. The third-order valence-electron chi connectivity index (χ3n) is 3.85. The predicted octanol–water partition coefficient (Wildman–Crippen LogP) is 2.77. The summed E-state index contributed by atoms with van der Waals surface area (Å²) in [5, 5.41) is 16.3. The number of para-hydroxylation sites is 1. The van der Waals surface area contributed by atoms with Gasteiger partial charge in [-0.05, 0) is 38.8 Å². The smallest absolute Gasteiger partial charge is 0.279 e. The number of likely N-dealkylation sites (N-methyl/N-ethyl adjacent to an activating group) is 1. The van der Waals surface area contributed by atoms with Crippen molar-refractivity contribution in [2.24, 2.45) is 5.92 Å². The van der Waals surface area contributed by atoms with Crippen molar-refractivity contribution in [2.75, 3.05) is 26.0 Å². The van der Waals surface area contributed by atoms with Crippen LogP contribution >= 0.6 is 0 Å². The van der Waals surface area contributed by atoms with Gasteiger partial charge in [-0.15, -0.1) is 0 Å². The van der Waals surface area contributed by atoms with Gasteiger partial charge in [-0.25, -0.2) is 0 Å². The molecule has 0 aliphatic carbocycles. The third-order valence-corrected chi connectivity index (χ3v) is 3.85. The minimum atomic E-state index is -0.482. The average Bonchev–Trinajstić information content (AvgIpc) is 2.85. The minimum absolute atomic E-state index is 0.0512. The molecule has 1 aliphatic heterocycles.